The van der Waals surface area contributed by atoms with Crippen LogP contribution < -0.4 is 10.9 Å². The van der Waals surface area contributed by atoms with Gasteiger partial charge in [-0.05, 0) is 67.9 Å². The van der Waals surface area contributed by atoms with E-state index in [-0.39, 0.29) is 11.5 Å². The fourth-order valence-electron chi connectivity index (χ4n) is 3.18. The Labute approximate surface area is 176 Å². The van der Waals surface area contributed by atoms with Crippen molar-refractivity contribution in [3.05, 3.63) is 98.5 Å². The van der Waals surface area contributed by atoms with Crippen LogP contribution >= 0.6 is 15.9 Å². The van der Waals surface area contributed by atoms with Crippen molar-refractivity contribution in [1.82, 2.24) is 9.55 Å². The SMILES string of the molecule is Cc1ccc(NC(=O)c2ccc(-n3c(C)nc4ccccc4c3=O)cc2)cc1Br. The number of hydrogen-bond donors (Lipinski definition) is 1. The van der Waals surface area contributed by atoms with Crippen LogP contribution in [0, 0.1) is 13.8 Å². The molecule has 29 heavy (non-hydrogen) atoms. The van der Waals surface area contributed by atoms with Crippen molar-refractivity contribution in [1.29, 1.82) is 0 Å². The number of rotatable bonds is 3. The average Bonchev–Trinajstić information content (AvgIpc) is 2.71. The van der Waals surface area contributed by atoms with Gasteiger partial charge in [-0.25, -0.2) is 4.98 Å². The van der Waals surface area contributed by atoms with Crippen molar-refractivity contribution >= 4 is 38.4 Å². The molecule has 1 aromatic heterocycles. The summed E-state index contributed by atoms with van der Waals surface area (Å²) >= 11 is 3.47. The summed E-state index contributed by atoms with van der Waals surface area (Å²) in [5, 5.41) is 3.44. The molecule has 0 bridgehead atoms. The molecule has 5 nitrogen and oxygen atoms in total. The van der Waals surface area contributed by atoms with E-state index in [1.54, 1.807) is 41.8 Å². The molecule has 0 radical (unpaired) electrons. The third-order valence-corrected chi connectivity index (χ3v) is 5.62. The van der Waals surface area contributed by atoms with Gasteiger partial charge < -0.3 is 5.32 Å². The Hall–Kier alpha value is -3.25. The number of fused-ring (bicyclic) bond motifs is 1. The smallest absolute Gasteiger partial charge is 0.265 e. The van der Waals surface area contributed by atoms with Gasteiger partial charge in [-0.2, -0.15) is 0 Å². The van der Waals surface area contributed by atoms with Crippen LogP contribution in [0.25, 0.3) is 16.6 Å². The molecule has 0 unspecified atom stereocenters. The minimum atomic E-state index is -0.215. The number of para-hydroxylation sites is 1. The zero-order valence-electron chi connectivity index (χ0n) is 15.9. The van der Waals surface area contributed by atoms with Gasteiger partial charge in [-0.15, -0.1) is 0 Å². The highest BCUT2D eigenvalue weighted by Crippen LogP contribution is 2.21. The van der Waals surface area contributed by atoms with E-state index in [0.717, 1.165) is 10.0 Å². The quantitative estimate of drug-likeness (QED) is 0.479. The van der Waals surface area contributed by atoms with Crippen molar-refractivity contribution < 1.29 is 4.79 Å². The minimum absolute atomic E-state index is 0.130. The van der Waals surface area contributed by atoms with Gasteiger partial charge in [0.2, 0.25) is 0 Å². The lowest BCUT2D eigenvalue weighted by atomic mass is 10.1. The number of halogens is 1. The van der Waals surface area contributed by atoms with Crippen LogP contribution in [0.1, 0.15) is 21.7 Å². The van der Waals surface area contributed by atoms with E-state index in [1.807, 2.05) is 43.3 Å². The second kappa shape index (κ2) is 7.64. The Kier molecular flexibility index (Phi) is 5.03. The van der Waals surface area contributed by atoms with Crippen LogP contribution in [-0.4, -0.2) is 15.5 Å². The maximum absolute atomic E-state index is 12.9. The highest BCUT2D eigenvalue weighted by molar-refractivity contribution is 9.10. The van der Waals surface area contributed by atoms with Gasteiger partial charge in [-0.3, -0.25) is 14.2 Å². The lowest BCUT2D eigenvalue weighted by molar-refractivity contribution is 0.102. The normalized spacial score (nSPS) is 10.9. The zero-order chi connectivity index (χ0) is 20.5. The Bertz CT molecular complexity index is 1290. The van der Waals surface area contributed by atoms with E-state index in [9.17, 15) is 9.59 Å². The van der Waals surface area contributed by atoms with Crippen molar-refractivity contribution in [3.8, 4) is 5.69 Å². The van der Waals surface area contributed by atoms with Crippen LogP contribution in [0.2, 0.25) is 0 Å². The molecule has 0 saturated heterocycles. The van der Waals surface area contributed by atoms with Crippen LogP contribution in [0.3, 0.4) is 0 Å². The highest BCUT2D eigenvalue weighted by atomic mass is 79.9. The largest absolute Gasteiger partial charge is 0.322 e. The molecule has 1 amide bonds. The fraction of sp³-hybridized carbons (Fsp3) is 0.0870. The predicted molar refractivity (Wildman–Crippen MR) is 119 cm³/mol. The van der Waals surface area contributed by atoms with Crippen LogP contribution in [0.15, 0.2) is 76.0 Å². The minimum Gasteiger partial charge on any atom is -0.322 e. The number of anilines is 1. The molecule has 1 heterocycles. The molecule has 1 N–H and O–H groups in total. The first-order valence-corrected chi connectivity index (χ1v) is 9.90. The molecule has 3 aromatic carbocycles. The average molecular weight is 448 g/mol. The molecule has 0 atom stereocenters. The van der Waals surface area contributed by atoms with Gasteiger partial charge in [0.1, 0.15) is 5.82 Å². The number of aryl methyl sites for hydroxylation is 2. The first-order valence-electron chi connectivity index (χ1n) is 9.10. The number of nitrogens with zero attached hydrogens (tertiary/aromatic N) is 2. The number of benzene rings is 3. The maximum Gasteiger partial charge on any atom is 0.265 e. The summed E-state index contributed by atoms with van der Waals surface area (Å²) in [6, 6.07) is 19.8. The van der Waals surface area contributed by atoms with E-state index >= 15 is 0 Å². The van der Waals surface area contributed by atoms with E-state index < -0.39 is 0 Å². The summed E-state index contributed by atoms with van der Waals surface area (Å²) in [6.45, 7) is 3.78. The lowest BCUT2D eigenvalue weighted by Gasteiger charge is -2.12. The molecule has 4 aromatic rings. The number of amides is 1. The van der Waals surface area contributed by atoms with Gasteiger partial charge in [0.15, 0.2) is 0 Å². The summed E-state index contributed by atoms with van der Waals surface area (Å²) in [5.41, 5.74) is 3.52. The summed E-state index contributed by atoms with van der Waals surface area (Å²) < 4.78 is 2.49. The summed E-state index contributed by atoms with van der Waals surface area (Å²) in [5.74, 6) is 0.378. The maximum atomic E-state index is 12.9. The zero-order valence-corrected chi connectivity index (χ0v) is 17.5. The van der Waals surface area contributed by atoms with Crippen LogP contribution in [0.5, 0.6) is 0 Å². The molecule has 144 valence electrons. The van der Waals surface area contributed by atoms with E-state index in [2.05, 4.69) is 26.2 Å². The van der Waals surface area contributed by atoms with Crippen molar-refractivity contribution in [3.63, 3.8) is 0 Å². The van der Waals surface area contributed by atoms with E-state index in [0.29, 0.717) is 33.7 Å². The molecule has 0 aliphatic carbocycles. The van der Waals surface area contributed by atoms with Crippen molar-refractivity contribution in [2.24, 2.45) is 0 Å². The third-order valence-electron chi connectivity index (χ3n) is 4.76. The number of hydrogen-bond acceptors (Lipinski definition) is 3. The Morgan fingerprint density at radius 1 is 1.00 bits per heavy atom. The van der Waals surface area contributed by atoms with Gasteiger partial charge in [0.05, 0.1) is 16.6 Å². The van der Waals surface area contributed by atoms with Gasteiger partial charge in [0.25, 0.3) is 11.5 Å². The first-order chi connectivity index (χ1) is 13.9. The summed E-state index contributed by atoms with van der Waals surface area (Å²) in [7, 11) is 0. The van der Waals surface area contributed by atoms with E-state index in [4.69, 9.17) is 0 Å². The van der Waals surface area contributed by atoms with Crippen molar-refractivity contribution in [2.45, 2.75) is 13.8 Å². The topological polar surface area (TPSA) is 64.0 Å². The van der Waals surface area contributed by atoms with E-state index in [1.165, 1.54) is 0 Å². The van der Waals surface area contributed by atoms with Crippen molar-refractivity contribution in [2.75, 3.05) is 5.32 Å². The second-order valence-electron chi connectivity index (χ2n) is 6.78. The van der Waals surface area contributed by atoms with Gasteiger partial charge in [0, 0.05) is 15.7 Å². The number of carbonyl (C=O) groups is 1. The Morgan fingerprint density at radius 3 is 2.45 bits per heavy atom. The Morgan fingerprint density at radius 2 is 1.72 bits per heavy atom. The third kappa shape index (κ3) is 3.71. The van der Waals surface area contributed by atoms with Gasteiger partial charge in [-0.1, -0.05) is 34.1 Å². The molecule has 0 aliphatic rings. The monoisotopic (exact) mass is 447 g/mol. The summed E-state index contributed by atoms with van der Waals surface area (Å²) in [6.07, 6.45) is 0. The molecule has 0 saturated carbocycles. The summed E-state index contributed by atoms with van der Waals surface area (Å²) in [4.78, 5) is 30.0. The first kappa shape index (κ1) is 19.1. The lowest BCUT2D eigenvalue weighted by Crippen LogP contribution is -2.22. The molecule has 0 fully saturated rings. The van der Waals surface area contributed by atoms with Crippen LogP contribution in [0.4, 0.5) is 5.69 Å². The number of aromatic nitrogens is 2. The molecule has 6 heteroatoms. The molecular weight excluding hydrogens is 430 g/mol. The fourth-order valence-corrected chi connectivity index (χ4v) is 3.56. The number of nitrogens with one attached hydrogen (secondary N) is 1. The number of carbonyl (C=O) groups excluding carboxylic acids is 1. The van der Waals surface area contributed by atoms with Crippen LogP contribution in [-0.2, 0) is 0 Å². The second-order valence-corrected chi connectivity index (χ2v) is 7.64. The standard InChI is InChI=1S/C23H18BrN3O2/c1-14-7-10-17(13-20(14)24)26-22(28)16-8-11-18(12-9-16)27-15(2)25-21-6-4-3-5-19(21)23(27)29/h3-13H,1-2H3,(H,26,28). The highest BCUT2D eigenvalue weighted by Gasteiger charge is 2.11. The molecular formula is C23H18BrN3O2. The molecule has 0 spiro atoms. The molecule has 4 rings (SSSR count). The molecule has 0 aliphatic heterocycles. The van der Waals surface area contributed by atoms with Gasteiger partial charge >= 0.3 is 0 Å². The predicted octanol–water partition coefficient (Wildman–Crippen LogP) is 5.02. The Balaban J connectivity index is 1.64.